The normalized spacial score (nSPS) is 24.7. The Morgan fingerprint density at radius 3 is 3.09 bits per heavy atom. The van der Waals surface area contributed by atoms with Crippen molar-refractivity contribution in [2.45, 2.75) is 25.5 Å². The topological polar surface area (TPSA) is 72.0 Å². The Hall–Kier alpha value is -1.51. The van der Waals surface area contributed by atoms with E-state index >= 15 is 0 Å². The lowest BCUT2D eigenvalue weighted by molar-refractivity contribution is -0.163. The highest BCUT2D eigenvalue weighted by molar-refractivity contribution is 7.11. The number of thiazole rings is 1. The molecule has 0 aliphatic carbocycles. The highest BCUT2D eigenvalue weighted by Crippen LogP contribution is 2.26. The molecule has 2 saturated heterocycles. The van der Waals surface area contributed by atoms with Crippen LogP contribution in [0.25, 0.3) is 0 Å². The molecule has 0 radical (unpaired) electrons. The summed E-state index contributed by atoms with van der Waals surface area (Å²) in [4.78, 5) is 33.3. The molecule has 3 heterocycles. The lowest BCUT2D eigenvalue weighted by Crippen LogP contribution is -2.63. The second kappa shape index (κ2) is 6.94. The van der Waals surface area contributed by atoms with Crippen LogP contribution in [0, 0.1) is 6.92 Å². The number of aryl methyl sites for hydroxylation is 1. The summed E-state index contributed by atoms with van der Waals surface area (Å²) >= 11 is 1.36. The fourth-order valence-electron chi connectivity index (χ4n) is 3.17. The number of carbonyl (C=O) groups is 2. The van der Waals surface area contributed by atoms with Crippen LogP contribution in [0.15, 0.2) is 5.51 Å². The van der Waals surface area contributed by atoms with E-state index in [0.717, 1.165) is 12.1 Å². The number of amides is 2. The van der Waals surface area contributed by atoms with Gasteiger partial charge in [-0.05, 0) is 13.3 Å². The Morgan fingerprint density at radius 2 is 2.39 bits per heavy atom. The predicted molar refractivity (Wildman–Crippen MR) is 84.5 cm³/mol. The van der Waals surface area contributed by atoms with Crippen molar-refractivity contribution in [2.75, 3.05) is 40.0 Å². The number of nitrogens with zero attached hydrogens (tertiary/aromatic N) is 3. The number of methoxy groups -OCH3 is 1. The molecular weight excluding hydrogens is 318 g/mol. The average molecular weight is 339 g/mol. The lowest BCUT2D eigenvalue weighted by atomic mass is 9.98. The minimum atomic E-state index is -0.0997. The molecule has 0 aromatic carbocycles. The molecule has 0 spiro atoms. The fraction of sp³-hybridized carbons (Fsp3) is 0.667. The van der Waals surface area contributed by atoms with E-state index in [-0.39, 0.29) is 30.6 Å². The lowest BCUT2D eigenvalue weighted by Gasteiger charge is -2.46. The van der Waals surface area contributed by atoms with Crippen LogP contribution in [0.1, 0.15) is 21.8 Å². The first-order chi connectivity index (χ1) is 11.1. The second-order valence-electron chi connectivity index (χ2n) is 5.80. The Balaban J connectivity index is 1.74. The summed E-state index contributed by atoms with van der Waals surface area (Å²) in [7, 11) is 1.62. The molecule has 1 aromatic heterocycles. The fourth-order valence-corrected chi connectivity index (χ4v) is 3.93. The van der Waals surface area contributed by atoms with Gasteiger partial charge in [-0.15, -0.1) is 11.3 Å². The summed E-state index contributed by atoms with van der Waals surface area (Å²) < 4.78 is 10.8. The van der Waals surface area contributed by atoms with Gasteiger partial charge in [0.2, 0.25) is 5.91 Å². The maximum atomic E-state index is 12.7. The van der Waals surface area contributed by atoms with Crippen molar-refractivity contribution in [2.24, 2.45) is 0 Å². The number of ether oxygens (including phenoxy) is 2. The van der Waals surface area contributed by atoms with Crippen LogP contribution in [0.5, 0.6) is 0 Å². The number of morpholine rings is 1. The summed E-state index contributed by atoms with van der Waals surface area (Å²) in [5, 5.41) is 0. The molecule has 0 saturated carbocycles. The molecule has 2 atom stereocenters. The summed E-state index contributed by atoms with van der Waals surface area (Å²) in [5.74, 6) is -0.0419. The van der Waals surface area contributed by atoms with Crippen molar-refractivity contribution in [1.29, 1.82) is 0 Å². The average Bonchev–Trinajstić information content (AvgIpc) is 2.99. The second-order valence-corrected chi connectivity index (χ2v) is 6.66. The number of piperidine rings is 1. The van der Waals surface area contributed by atoms with Crippen molar-refractivity contribution in [3.63, 3.8) is 0 Å². The van der Waals surface area contributed by atoms with E-state index in [9.17, 15) is 9.59 Å². The molecule has 126 valence electrons. The molecule has 0 unspecified atom stereocenters. The molecule has 2 amide bonds. The Bertz CT molecular complexity index is 591. The molecule has 2 aliphatic rings. The van der Waals surface area contributed by atoms with Gasteiger partial charge in [0.25, 0.3) is 5.91 Å². The number of fused-ring (bicyclic) bond motifs is 1. The molecule has 7 nitrogen and oxygen atoms in total. The van der Waals surface area contributed by atoms with Gasteiger partial charge in [0.15, 0.2) is 0 Å². The van der Waals surface area contributed by atoms with E-state index in [0.29, 0.717) is 31.1 Å². The van der Waals surface area contributed by atoms with Gasteiger partial charge in [-0.3, -0.25) is 9.59 Å². The zero-order valence-corrected chi connectivity index (χ0v) is 14.2. The molecule has 23 heavy (non-hydrogen) atoms. The van der Waals surface area contributed by atoms with E-state index in [4.69, 9.17) is 9.47 Å². The first-order valence-electron chi connectivity index (χ1n) is 7.71. The van der Waals surface area contributed by atoms with E-state index in [1.807, 2.05) is 11.8 Å². The van der Waals surface area contributed by atoms with Gasteiger partial charge in [0.1, 0.15) is 11.5 Å². The first-order valence-corrected chi connectivity index (χ1v) is 8.59. The Labute approximate surface area is 139 Å². The van der Waals surface area contributed by atoms with E-state index in [1.165, 1.54) is 11.3 Å². The van der Waals surface area contributed by atoms with Crippen molar-refractivity contribution < 1.29 is 19.1 Å². The van der Waals surface area contributed by atoms with Gasteiger partial charge in [0.05, 0.1) is 30.0 Å². The summed E-state index contributed by atoms with van der Waals surface area (Å²) in [6.07, 6.45) is 0.738. The predicted octanol–water partition coefficient (Wildman–Crippen LogP) is 0.540. The highest BCUT2D eigenvalue weighted by atomic mass is 32.1. The largest absolute Gasteiger partial charge is 0.383 e. The van der Waals surface area contributed by atoms with E-state index in [2.05, 4.69) is 4.98 Å². The summed E-state index contributed by atoms with van der Waals surface area (Å²) in [6, 6.07) is -0.0997. The monoisotopic (exact) mass is 339 g/mol. The van der Waals surface area contributed by atoms with E-state index < -0.39 is 0 Å². The number of rotatable bonds is 4. The van der Waals surface area contributed by atoms with Crippen LogP contribution < -0.4 is 0 Å². The van der Waals surface area contributed by atoms with Crippen molar-refractivity contribution in [3.8, 4) is 0 Å². The third-order valence-corrected chi connectivity index (χ3v) is 5.34. The summed E-state index contributed by atoms with van der Waals surface area (Å²) in [6.45, 7) is 4.11. The van der Waals surface area contributed by atoms with Crippen LogP contribution >= 0.6 is 11.3 Å². The maximum absolute atomic E-state index is 12.7. The molecule has 1 aromatic rings. The molecule has 2 aliphatic heterocycles. The Morgan fingerprint density at radius 1 is 1.57 bits per heavy atom. The van der Waals surface area contributed by atoms with Crippen molar-refractivity contribution >= 4 is 23.2 Å². The number of hydrogen-bond acceptors (Lipinski definition) is 6. The standard InChI is InChI=1S/C15H21N3O4S/c1-10-14(23-9-16-10)15(20)17-4-3-12-11(7-17)18(5-6-21-2)13(19)8-22-12/h9,11-12H,3-8H2,1-2H3/t11-,12+/m0/s1. The molecule has 0 bridgehead atoms. The van der Waals surface area contributed by atoms with Crippen molar-refractivity contribution in [1.82, 2.24) is 14.8 Å². The maximum Gasteiger partial charge on any atom is 0.265 e. The van der Waals surface area contributed by atoms with Crippen LogP contribution in [0.2, 0.25) is 0 Å². The molecule has 8 heteroatoms. The molecular formula is C15H21N3O4S. The third-order valence-electron chi connectivity index (χ3n) is 4.42. The Kier molecular flexibility index (Phi) is 4.93. The van der Waals surface area contributed by atoms with Crippen LogP contribution in [0.3, 0.4) is 0 Å². The highest BCUT2D eigenvalue weighted by Gasteiger charge is 2.41. The zero-order valence-electron chi connectivity index (χ0n) is 13.4. The first kappa shape index (κ1) is 16.4. The zero-order chi connectivity index (χ0) is 16.4. The van der Waals surface area contributed by atoms with Gasteiger partial charge >= 0.3 is 0 Å². The molecule has 0 N–H and O–H groups in total. The number of likely N-dealkylation sites (tertiary alicyclic amines) is 1. The number of carbonyl (C=O) groups excluding carboxylic acids is 2. The van der Waals surface area contributed by atoms with Crippen LogP contribution in [0.4, 0.5) is 0 Å². The van der Waals surface area contributed by atoms with Gasteiger partial charge in [-0.25, -0.2) is 4.98 Å². The number of hydrogen-bond donors (Lipinski definition) is 0. The van der Waals surface area contributed by atoms with Gasteiger partial charge in [-0.2, -0.15) is 0 Å². The third kappa shape index (κ3) is 3.24. The van der Waals surface area contributed by atoms with E-state index in [1.54, 1.807) is 17.5 Å². The summed E-state index contributed by atoms with van der Waals surface area (Å²) in [5.41, 5.74) is 2.45. The van der Waals surface area contributed by atoms with Gasteiger partial charge < -0.3 is 19.3 Å². The molecule has 2 fully saturated rings. The number of aromatic nitrogens is 1. The SMILES string of the molecule is COCCN1C(=O)CO[C@@H]2CCN(C(=O)c3scnc3C)C[C@@H]21. The van der Waals surface area contributed by atoms with Gasteiger partial charge in [-0.1, -0.05) is 0 Å². The minimum absolute atomic E-state index is 0.00355. The van der Waals surface area contributed by atoms with Crippen LogP contribution in [-0.2, 0) is 14.3 Å². The minimum Gasteiger partial charge on any atom is -0.383 e. The van der Waals surface area contributed by atoms with Crippen LogP contribution in [-0.4, -0.2) is 78.7 Å². The quantitative estimate of drug-likeness (QED) is 0.801. The molecule has 3 rings (SSSR count). The van der Waals surface area contributed by atoms with Gasteiger partial charge in [0, 0.05) is 26.7 Å². The smallest absolute Gasteiger partial charge is 0.265 e. The van der Waals surface area contributed by atoms with Crippen molar-refractivity contribution in [3.05, 3.63) is 16.1 Å².